The van der Waals surface area contributed by atoms with Crippen molar-refractivity contribution in [1.29, 1.82) is 0 Å². The molecule has 4 nitrogen and oxygen atoms in total. The lowest BCUT2D eigenvalue weighted by molar-refractivity contribution is -0.150. The molecule has 0 amide bonds. The molecule has 0 fully saturated rings. The average molecular weight is 677 g/mol. The third-order valence-electron chi connectivity index (χ3n) is 9.99. The van der Waals surface area contributed by atoms with Gasteiger partial charge in [-0.25, -0.2) is 0 Å². The van der Waals surface area contributed by atoms with Crippen LogP contribution in [-0.4, -0.2) is 23.1 Å². The Morgan fingerprint density at radius 2 is 0.771 bits per heavy atom. The van der Waals surface area contributed by atoms with Crippen molar-refractivity contribution in [3.05, 3.63) is 12.2 Å². The molecule has 0 rings (SSSR count). The number of esters is 1. The first-order chi connectivity index (χ1) is 23.6. The highest BCUT2D eigenvalue weighted by Crippen LogP contribution is 2.18. The summed E-state index contributed by atoms with van der Waals surface area (Å²) in [5.41, 5.74) is 0. The van der Waals surface area contributed by atoms with Crippen molar-refractivity contribution in [2.75, 3.05) is 0 Å². The van der Waals surface area contributed by atoms with Gasteiger partial charge in [-0.3, -0.25) is 9.59 Å². The number of hydrogen-bond acceptors (Lipinski definition) is 3. The monoisotopic (exact) mass is 677 g/mol. The molecule has 284 valence electrons. The van der Waals surface area contributed by atoms with Gasteiger partial charge in [0.1, 0.15) is 6.10 Å². The van der Waals surface area contributed by atoms with Crippen LogP contribution in [0.1, 0.15) is 251 Å². The number of allylic oxidation sites excluding steroid dienone is 2. The molecule has 0 aliphatic rings. The predicted molar refractivity (Wildman–Crippen MR) is 209 cm³/mol. The van der Waals surface area contributed by atoms with Crippen molar-refractivity contribution in [3.8, 4) is 0 Å². The minimum Gasteiger partial charge on any atom is -0.481 e. The maximum absolute atomic E-state index is 12.5. The summed E-state index contributed by atoms with van der Waals surface area (Å²) in [5.74, 6) is -0.635. The van der Waals surface area contributed by atoms with Crippen molar-refractivity contribution in [1.82, 2.24) is 0 Å². The van der Waals surface area contributed by atoms with Gasteiger partial charge in [-0.1, -0.05) is 193 Å². The van der Waals surface area contributed by atoms with Crippen LogP contribution in [0.5, 0.6) is 0 Å². The van der Waals surface area contributed by atoms with E-state index in [2.05, 4.69) is 26.0 Å². The topological polar surface area (TPSA) is 63.6 Å². The standard InChI is InChI=1S/C44H84O4/c1-3-5-7-8-9-10-11-12-13-14-15-16-17-18-19-20-25-28-31-34-37-41-44(47)48-42(38-6-4-2)39-35-32-29-26-23-21-22-24-27-30-33-36-40-43(45)46/h12-13,42H,3-11,14-41H2,1-2H3,(H,45,46)/b13-12-. The molecule has 0 heterocycles. The minimum absolute atomic E-state index is 0.0336. The van der Waals surface area contributed by atoms with Crippen LogP contribution in [0.4, 0.5) is 0 Å². The lowest BCUT2D eigenvalue weighted by Gasteiger charge is -2.18. The Balaban J connectivity index is 3.56. The van der Waals surface area contributed by atoms with Crippen molar-refractivity contribution in [3.63, 3.8) is 0 Å². The van der Waals surface area contributed by atoms with E-state index in [1.807, 2.05) is 0 Å². The molecule has 0 saturated heterocycles. The number of hydrogen-bond donors (Lipinski definition) is 1. The molecule has 0 bridgehead atoms. The maximum Gasteiger partial charge on any atom is 0.306 e. The molecule has 48 heavy (non-hydrogen) atoms. The second-order valence-corrected chi connectivity index (χ2v) is 14.9. The van der Waals surface area contributed by atoms with Crippen molar-refractivity contribution >= 4 is 11.9 Å². The fourth-order valence-corrected chi connectivity index (χ4v) is 6.76. The average Bonchev–Trinajstić information content (AvgIpc) is 3.07. The van der Waals surface area contributed by atoms with Crippen LogP contribution in [0.3, 0.4) is 0 Å². The van der Waals surface area contributed by atoms with Crippen LogP contribution < -0.4 is 0 Å². The Labute approximate surface area is 300 Å². The molecule has 0 spiro atoms. The van der Waals surface area contributed by atoms with E-state index in [0.717, 1.165) is 51.4 Å². The molecular formula is C44H84O4. The summed E-state index contributed by atoms with van der Waals surface area (Å²) in [6, 6.07) is 0. The summed E-state index contributed by atoms with van der Waals surface area (Å²) >= 11 is 0. The number of rotatable bonds is 40. The zero-order valence-electron chi connectivity index (χ0n) is 32.6. The number of carboxylic acids is 1. The molecule has 1 unspecified atom stereocenters. The second-order valence-electron chi connectivity index (χ2n) is 14.9. The summed E-state index contributed by atoms with van der Waals surface area (Å²) in [6.45, 7) is 4.50. The largest absolute Gasteiger partial charge is 0.481 e. The van der Waals surface area contributed by atoms with Crippen LogP contribution >= 0.6 is 0 Å². The number of carbonyl (C=O) groups is 2. The van der Waals surface area contributed by atoms with Gasteiger partial charge in [0.2, 0.25) is 0 Å². The Bertz CT molecular complexity index is 687. The lowest BCUT2D eigenvalue weighted by Crippen LogP contribution is -2.18. The van der Waals surface area contributed by atoms with Crippen molar-refractivity contribution in [2.24, 2.45) is 0 Å². The Kier molecular flexibility index (Phi) is 39.0. The third-order valence-corrected chi connectivity index (χ3v) is 9.99. The van der Waals surface area contributed by atoms with Crippen LogP contribution in [0.15, 0.2) is 12.2 Å². The molecule has 0 aliphatic carbocycles. The zero-order valence-corrected chi connectivity index (χ0v) is 32.6. The van der Waals surface area contributed by atoms with Crippen LogP contribution in [0.2, 0.25) is 0 Å². The molecule has 0 aromatic heterocycles. The molecular weight excluding hydrogens is 592 g/mol. The highest BCUT2D eigenvalue weighted by atomic mass is 16.5. The molecule has 1 atom stereocenters. The highest BCUT2D eigenvalue weighted by Gasteiger charge is 2.14. The normalized spacial score (nSPS) is 12.2. The minimum atomic E-state index is -0.669. The molecule has 4 heteroatoms. The third kappa shape index (κ3) is 39.1. The fraction of sp³-hybridized carbons (Fsp3) is 0.909. The molecule has 0 saturated carbocycles. The van der Waals surface area contributed by atoms with E-state index in [1.54, 1.807) is 0 Å². The van der Waals surface area contributed by atoms with Crippen molar-refractivity contribution in [2.45, 2.75) is 258 Å². The first kappa shape index (κ1) is 46.7. The van der Waals surface area contributed by atoms with E-state index in [1.165, 1.54) is 173 Å². The summed E-state index contributed by atoms with van der Waals surface area (Å²) in [6.07, 6.45) is 50.1. The Morgan fingerprint density at radius 1 is 0.438 bits per heavy atom. The summed E-state index contributed by atoms with van der Waals surface area (Å²) in [7, 11) is 0. The van der Waals surface area contributed by atoms with E-state index < -0.39 is 5.97 Å². The second kappa shape index (κ2) is 40.1. The first-order valence-corrected chi connectivity index (χ1v) is 21.7. The number of aliphatic carboxylic acids is 1. The zero-order chi connectivity index (χ0) is 35.0. The van der Waals surface area contributed by atoms with Gasteiger partial charge >= 0.3 is 11.9 Å². The number of carbonyl (C=O) groups excluding carboxylic acids is 1. The maximum atomic E-state index is 12.5. The van der Waals surface area contributed by atoms with Gasteiger partial charge in [-0.2, -0.15) is 0 Å². The Hall–Kier alpha value is -1.32. The van der Waals surface area contributed by atoms with Crippen LogP contribution in [0.25, 0.3) is 0 Å². The first-order valence-electron chi connectivity index (χ1n) is 21.7. The quantitative estimate of drug-likeness (QED) is 0.0398. The van der Waals surface area contributed by atoms with Gasteiger partial charge < -0.3 is 9.84 Å². The van der Waals surface area contributed by atoms with Gasteiger partial charge in [0.05, 0.1) is 0 Å². The van der Waals surface area contributed by atoms with E-state index in [0.29, 0.717) is 12.8 Å². The smallest absolute Gasteiger partial charge is 0.306 e. The van der Waals surface area contributed by atoms with Crippen molar-refractivity contribution < 1.29 is 19.4 Å². The number of carboxylic acid groups (broad SMARTS) is 1. The Morgan fingerprint density at radius 3 is 1.19 bits per heavy atom. The highest BCUT2D eigenvalue weighted by molar-refractivity contribution is 5.69. The SMILES string of the molecule is CCCCCCCC/C=C\CCCCCCCCCCCCCC(=O)OC(CCCC)CCCCCCCCCCCCCCC(=O)O. The van der Waals surface area contributed by atoms with Gasteiger partial charge in [0, 0.05) is 12.8 Å². The number of ether oxygens (including phenoxy) is 1. The van der Waals surface area contributed by atoms with E-state index >= 15 is 0 Å². The van der Waals surface area contributed by atoms with Gasteiger partial charge in [-0.05, 0) is 57.8 Å². The molecule has 0 aromatic carbocycles. The van der Waals surface area contributed by atoms with E-state index in [-0.39, 0.29) is 12.1 Å². The molecule has 1 N–H and O–H groups in total. The molecule has 0 aliphatic heterocycles. The van der Waals surface area contributed by atoms with E-state index in [9.17, 15) is 9.59 Å². The van der Waals surface area contributed by atoms with Crippen LogP contribution in [-0.2, 0) is 14.3 Å². The summed E-state index contributed by atoms with van der Waals surface area (Å²) in [5, 5.41) is 8.68. The van der Waals surface area contributed by atoms with Gasteiger partial charge in [0.25, 0.3) is 0 Å². The van der Waals surface area contributed by atoms with Crippen LogP contribution in [0, 0.1) is 0 Å². The van der Waals surface area contributed by atoms with E-state index in [4.69, 9.17) is 9.84 Å². The molecule has 0 radical (unpaired) electrons. The fourth-order valence-electron chi connectivity index (χ4n) is 6.76. The summed E-state index contributed by atoms with van der Waals surface area (Å²) < 4.78 is 5.94. The number of unbranched alkanes of at least 4 members (excludes halogenated alkanes) is 29. The van der Waals surface area contributed by atoms with Gasteiger partial charge in [0.15, 0.2) is 0 Å². The molecule has 0 aromatic rings. The van der Waals surface area contributed by atoms with Gasteiger partial charge in [-0.15, -0.1) is 0 Å². The lowest BCUT2D eigenvalue weighted by atomic mass is 10.0. The summed E-state index contributed by atoms with van der Waals surface area (Å²) in [4.78, 5) is 23.1. The predicted octanol–water partition coefficient (Wildman–Crippen LogP) is 15.0.